The predicted molar refractivity (Wildman–Crippen MR) is 114 cm³/mol. The fourth-order valence-electron chi connectivity index (χ4n) is 4.27. The minimum atomic E-state index is -0.722. The molecule has 2 fully saturated rings. The SMILES string of the molecule is CC(C)=CCCN1C(=O)N(CC(C)C)C2(CCN(c3cncc(C)n3)CC2)C1=O. The van der Waals surface area contributed by atoms with Gasteiger partial charge in [-0.25, -0.2) is 9.78 Å². The summed E-state index contributed by atoms with van der Waals surface area (Å²) in [5, 5.41) is 0. The second-order valence-corrected chi connectivity index (χ2v) is 8.85. The maximum absolute atomic E-state index is 13.5. The van der Waals surface area contributed by atoms with Crippen LogP contribution in [0.4, 0.5) is 10.6 Å². The van der Waals surface area contributed by atoms with E-state index in [0.717, 1.165) is 11.5 Å². The van der Waals surface area contributed by atoms with E-state index in [2.05, 4.69) is 34.8 Å². The monoisotopic (exact) mass is 399 g/mol. The Morgan fingerprint density at radius 2 is 1.90 bits per heavy atom. The molecule has 3 rings (SSSR count). The molecule has 1 aromatic heterocycles. The van der Waals surface area contributed by atoms with E-state index in [1.807, 2.05) is 25.7 Å². The molecule has 0 N–H and O–H groups in total. The van der Waals surface area contributed by atoms with Gasteiger partial charge in [-0.05, 0) is 46.0 Å². The fraction of sp³-hybridized carbons (Fsp3) is 0.636. The first-order valence-electron chi connectivity index (χ1n) is 10.5. The number of nitrogens with zero attached hydrogens (tertiary/aromatic N) is 5. The van der Waals surface area contributed by atoms with Crippen molar-refractivity contribution in [3.05, 3.63) is 29.7 Å². The number of anilines is 1. The highest BCUT2D eigenvalue weighted by molar-refractivity contribution is 6.07. The van der Waals surface area contributed by atoms with Gasteiger partial charge in [0.25, 0.3) is 5.91 Å². The summed E-state index contributed by atoms with van der Waals surface area (Å²) in [7, 11) is 0. The Hall–Kier alpha value is -2.44. The van der Waals surface area contributed by atoms with Gasteiger partial charge in [-0.2, -0.15) is 0 Å². The Bertz CT molecular complexity index is 792. The van der Waals surface area contributed by atoms with E-state index in [4.69, 9.17) is 0 Å². The molecular weight excluding hydrogens is 366 g/mol. The van der Waals surface area contributed by atoms with Crippen molar-refractivity contribution < 1.29 is 9.59 Å². The number of aryl methyl sites for hydroxylation is 1. The summed E-state index contributed by atoms with van der Waals surface area (Å²) < 4.78 is 0. The molecule has 0 aliphatic carbocycles. The number of rotatable bonds is 6. The molecule has 0 aromatic carbocycles. The molecule has 2 saturated heterocycles. The van der Waals surface area contributed by atoms with E-state index in [1.54, 1.807) is 12.4 Å². The summed E-state index contributed by atoms with van der Waals surface area (Å²) in [6, 6.07) is -0.130. The molecule has 7 nitrogen and oxygen atoms in total. The quantitative estimate of drug-likeness (QED) is 0.542. The highest BCUT2D eigenvalue weighted by atomic mass is 16.2. The lowest BCUT2D eigenvalue weighted by Gasteiger charge is -2.43. The van der Waals surface area contributed by atoms with Gasteiger partial charge in [-0.3, -0.25) is 14.7 Å². The zero-order valence-electron chi connectivity index (χ0n) is 18.3. The Labute approximate surface area is 173 Å². The number of imide groups is 1. The minimum absolute atomic E-state index is 0.0275. The number of piperidine rings is 1. The normalized spacial score (nSPS) is 18.9. The Balaban J connectivity index is 1.80. The summed E-state index contributed by atoms with van der Waals surface area (Å²) in [5.41, 5.74) is 1.35. The molecule has 0 radical (unpaired) electrons. The summed E-state index contributed by atoms with van der Waals surface area (Å²) in [5.74, 6) is 1.12. The zero-order valence-corrected chi connectivity index (χ0v) is 18.3. The molecule has 0 saturated carbocycles. The zero-order chi connectivity index (χ0) is 21.2. The molecule has 1 spiro atoms. The molecule has 29 heavy (non-hydrogen) atoms. The smallest absolute Gasteiger partial charge is 0.327 e. The van der Waals surface area contributed by atoms with Crippen LogP contribution in [0.1, 0.15) is 52.7 Å². The summed E-state index contributed by atoms with van der Waals surface area (Å²) in [6.07, 6.45) is 7.54. The first kappa shape index (κ1) is 21.3. The highest BCUT2D eigenvalue weighted by Crippen LogP contribution is 2.38. The average molecular weight is 400 g/mol. The van der Waals surface area contributed by atoms with Crippen molar-refractivity contribution in [2.75, 3.05) is 31.1 Å². The van der Waals surface area contributed by atoms with Crippen LogP contribution in [0.15, 0.2) is 24.0 Å². The minimum Gasteiger partial charge on any atom is -0.355 e. The number of allylic oxidation sites excluding steroid dienone is 1. The molecule has 0 bridgehead atoms. The van der Waals surface area contributed by atoms with E-state index < -0.39 is 5.54 Å². The third-order valence-corrected chi connectivity index (χ3v) is 5.73. The number of hydrogen-bond donors (Lipinski definition) is 0. The summed E-state index contributed by atoms with van der Waals surface area (Å²) >= 11 is 0. The van der Waals surface area contributed by atoms with Crippen LogP contribution in [0.3, 0.4) is 0 Å². The molecule has 3 amide bonds. The number of aromatic nitrogens is 2. The van der Waals surface area contributed by atoms with Crippen LogP contribution in [-0.2, 0) is 4.79 Å². The first-order chi connectivity index (χ1) is 13.7. The topological polar surface area (TPSA) is 69.6 Å². The van der Waals surface area contributed by atoms with E-state index in [0.29, 0.717) is 51.4 Å². The number of urea groups is 1. The van der Waals surface area contributed by atoms with Crippen LogP contribution < -0.4 is 4.90 Å². The number of carbonyl (C=O) groups excluding carboxylic acids is 2. The summed E-state index contributed by atoms with van der Waals surface area (Å²) in [4.78, 5) is 40.9. The van der Waals surface area contributed by atoms with Gasteiger partial charge in [-0.15, -0.1) is 0 Å². The standard InChI is InChI=1S/C22H33N5O2/c1-16(2)7-6-10-26-20(28)22(27(21(26)29)15-17(3)4)8-11-25(12-9-22)19-14-23-13-18(5)24-19/h7,13-14,17H,6,8-12,15H2,1-5H3. The van der Waals surface area contributed by atoms with Gasteiger partial charge in [0.2, 0.25) is 0 Å². The lowest BCUT2D eigenvalue weighted by atomic mass is 9.85. The maximum atomic E-state index is 13.5. The van der Waals surface area contributed by atoms with Crippen molar-refractivity contribution in [2.45, 2.75) is 59.4 Å². The fourth-order valence-corrected chi connectivity index (χ4v) is 4.27. The van der Waals surface area contributed by atoms with Crippen LogP contribution >= 0.6 is 0 Å². The Kier molecular flexibility index (Phi) is 6.24. The molecular formula is C22H33N5O2. The van der Waals surface area contributed by atoms with E-state index in [-0.39, 0.29) is 11.9 Å². The van der Waals surface area contributed by atoms with E-state index in [1.165, 1.54) is 10.5 Å². The van der Waals surface area contributed by atoms with Crippen molar-refractivity contribution in [3.8, 4) is 0 Å². The molecule has 0 unspecified atom stereocenters. The van der Waals surface area contributed by atoms with Crippen LogP contribution in [-0.4, -0.2) is 63.4 Å². The van der Waals surface area contributed by atoms with Gasteiger partial charge in [0.05, 0.1) is 11.9 Å². The molecule has 1 aromatic rings. The second kappa shape index (κ2) is 8.51. The van der Waals surface area contributed by atoms with Crippen molar-refractivity contribution >= 4 is 17.8 Å². The molecule has 7 heteroatoms. The Morgan fingerprint density at radius 3 is 2.48 bits per heavy atom. The van der Waals surface area contributed by atoms with Gasteiger partial charge < -0.3 is 9.80 Å². The van der Waals surface area contributed by atoms with Crippen molar-refractivity contribution in [1.29, 1.82) is 0 Å². The van der Waals surface area contributed by atoms with Crippen LogP contribution in [0.25, 0.3) is 0 Å². The average Bonchev–Trinajstić information content (AvgIpc) is 2.84. The van der Waals surface area contributed by atoms with Crippen LogP contribution in [0.5, 0.6) is 0 Å². The molecule has 158 valence electrons. The first-order valence-corrected chi connectivity index (χ1v) is 10.5. The van der Waals surface area contributed by atoms with Crippen molar-refractivity contribution in [1.82, 2.24) is 19.8 Å². The molecule has 2 aliphatic rings. The van der Waals surface area contributed by atoms with Gasteiger partial charge in [0.15, 0.2) is 0 Å². The van der Waals surface area contributed by atoms with Crippen molar-refractivity contribution in [3.63, 3.8) is 0 Å². The largest absolute Gasteiger partial charge is 0.355 e. The molecule has 0 atom stereocenters. The number of carbonyl (C=O) groups is 2. The third kappa shape index (κ3) is 4.28. The van der Waals surface area contributed by atoms with Gasteiger partial charge in [0.1, 0.15) is 11.4 Å². The second-order valence-electron chi connectivity index (χ2n) is 8.85. The molecule has 2 aliphatic heterocycles. The number of amides is 3. The lowest BCUT2D eigenvalue weighted by molar-refractivity contribution is -0.134. The maximum Gasteiger partial charge on any atom is 0.327 e. The Morgan fingerprint density at radius 1 is 1.21 bits per heavy atom. The number of hydrogen-bond acceptors (Lipinski definition) is 5. The highest BCUT2D eigenvalue weighted by Gasteiger charge is 2.57. The van der Waals surface area contributed by atoms with E-state index in [9.17, 15) is 9.59 Å². The lowest BCUT2D eigenvalue weighted by Crippen LogP contribution is -2.57. The summed E-state index contributed by atoms with van der Waals surface area (Å²) in [6.45, 7) is 12.6. The van der Waals surface area contributed by atoms with Gasteiger partial charge >= 0.3 is 6.03 Å². The van der Waals surface area contributed by atoms with Gasteiger partial charge in [-0.1, -0.05) is 25.5 Å². The van der Waals surface area contributed by atoms with E-state index >= 15 is 0 Å². The van der Waals surface area contributed by atoms with Crippen LogP contribution in [0.2, 0.25) is 0 Å². The van der Waals surface area contributed by atoms with Gasteiger partial charge in [0, 0.05) is 32.4 Å². The predicted octanol–water partition coefficient (Wildman–Crippen LogP) is 3.40. The van der Waals surface area contributed by atoms with Crippen molar-refractivity contribution in [2.24, 2.45) is 5.92 Å². The third-order valence-electron chi connectivity index (χ3n) is 5.73. The van der Waals surface area contributed by atoms with Crippen LogP contribution in [0, 0.1) is 12.8 Å². The molecule has 3 heterocycles.